The highest BCUT2D eigenvalue weighted by Gasteiger charge is 2.12. The van der Waals surface area contributed by atoms with Crippen molar-refractivity contribution in [1.82, 2.24) is 0 Å². The second-order valence-electron chi connectivity index (χ2n) is 6.17. The van der Waals surface area contributed by atoms with Gasteiger partial charge in [-0.25, -0.2) is 4.79 Å². The van der Waals surface area contributed by atoms with Crippen molar-refractivity contribution < 1.29 is 9.15 Å². The lowest BCUT2D eigenvalue weighted by atomic mass is 9.95. The first-order valence-electron chi connectivity index (χ1n) is 7.90. The smallest absolute Gasteiger partial charge is 0.336 e. The Morgan fingerprint density at radius 3 is 2.62 bits per heavy atom. The van der Waals surface area contributed by atoms with Crippen LogP contribution in [0.1, 0.15) is 36.5 Å². The molecule has 0 fully saturated rings. The Kier molecular flexibility index (Phi) is 4.76. The zero-order valence-corrected chi connectivity index (χ0v) is 15.5. The Morgan fingerprint density at radius 2 is 1.92 bits per heavy atom. The van der Waals surface area contributed by atoms with Crippen molar-refractivity contribution in [2.75, 3.05) is 0 Å². The predicted octanol–water partition coefficient (Wildman–Crippen LogP) is 5.57. The minimum Gasteiger partial charge on any atom is -0.488 e. The normalized spacial score (nSPS) is 11.2. The van der Waals surface area contributed by atoms with Crippen LogP contribution in [0.3, 0.4) is 0 Å². The van der Waals surface area contributed by atoms with E-state index in [1.54, 1.807) is 0 Å². The summed E-state index contributed by atoms with van der Waals surface area (Å²) >= 11 is 3.47. The van der Waals surface area contributed by atoms with Crippen molar-refractivity contribution >= 4 is 26.9 Å². The van der Waals surface area contributed by atoms with Crippen molar-refractivity contribution in [1.29, 1.82) is 0 Å². The Hall–Kier alpha value is -2.07. The minimum absolute atomic E-state index is 0.311. The summed E-state index contributed by atoms with van der Waals surface area (Å²) in [6.07, 6.45) is 0. The van der Waals surface area contributed by atoms with Gasteiger partial charge >= 0.3 is 5.63 Å². The largest absolute Gasteiger partial charge is 0.488 e. The summed E-state index contributed by atoms with van der Waals surface area (Å²) in [4.78, 5) is 11.9. The summed E-state index contributed by atoms with van der Waals surface area (Å²) in [5.74, 6) is 1.15. The fourth-order valence-corrected chi connectivity index (χ4v) is 3.25. The van der Waals surface area contributed by atoms with Crippen LogP contribution < -0.4 is 10.4 Å². The lowest BCUT2D eigenvalue weighted by Crippen LogP contribution is -2.05. The summed E-state index contributed by atoms with van der Waals surface area (Å²) < 4.78 is 12.1. The summed E-state index contributed by atoms with van der Waals surface area (Å²) in [5.41, 5.74) is 3.46. The lowest BCUT2D eigenvalue weighted by Gasteiger charge is -2.14. The Balaban J connectivity index is 2.04. The molecule has 1 aromatic heterocycles. The zero-order valence-electron chi connectivity index (χ0n) is 13.9. The van der Waals surface area contributed by atoms with Gasteiger partial charge in [0.05, 0.1) is 4.47 Å². The van der Waals surface area contributed by atoms with Gasteiger partial charge in [0.15, 0.2) is 0 Å². The molecule has 0 radical (unpaired) electrons. The molecular formula is C20H19BrO3. The van der Waals surface area contributed by atoms with Gasteiger partial charge in [0.1, 0.15) is 17.9 Å². The van der Waals surface area contributed by atoms with E-state index in [0.29, 0.717) is 18.1 Å². The maximum atomic E-state index is 11.9. The van der Waals surface area contributed by atoms with E-state index < -0.39 is 0 Å². The topological polar surface area (TPSA) is 39.4 Å². The molecule has 2 aromatic carbocycles. The maximum absolute atomic E-state index is 11.9. The standard InChI is InChI=1S/C20H19BrO3/c1-12(2)15-10-16-14(9-20(22)24-19(16)8-13(15)3)11-23-18-7-5-4-6-17(18)21/h4-10,12H,11H2,1-3H3. The number of fused-ring (bicyclic) bond motifs is 1. The molecule has 24 heavy (non-hydrogen) atoms. The third-order valence-electron chi connectivity index (χ3n) is 4.06. The predicted molar refractivity (Wildman–Crippen MR) is 99.8 cm³/mol. The number of halogens is 1. The number of rotatable bonds is 4. The van der Waals surface area contributed by atoms with Gasteiger partial charge < -0.3 is 9.15 Å². The molecule has 1 heterocycles. The van der Waals surface area contributed by atoms with Crippen molar-refractivity contribution in [3.8, 4) is 5.75 Å². The van der Waals surface area contributed by atoms with Crippen molar-refractivity contribution in [2.45, 2.75) is 33.3 Å². The van der Waals surface area contributed by atoms with Crippen LogP contribution in [-0.2, 0) is 6.61 Å². The molecule has 3 aromatic rings. The molecule has 0 atom stereocenters. The van der Waals surface area contributed by atoms with Gasteiger partial charge in [0.2, 0.25) is 0 Å². The molecule has 0 saturated carbocycles. The molecule has 0 aliphatic rings. The van der Waals surface area contributed by atoms with Crippen LogP contribution in [0, 0.1) is 6.92 Å². The van der Waals surface area contributed by atoms with Gasteiger partial charge in [-0.2, -0.15) is 0 Å². The Morgan fingerprint density at radius 1 is 1.17 bits per heavy atom. The summed E-state index contributed by atoms with van der Waals surface area (Å²) in [6, 6.07) is 13.2. The zero-order chi connectivity index (χ0) is 17.3. The molecule has 0 saturated heterocycles. The van der Waals surface area contributed by atoms with Gasteiger partial charge in [0, 0.05) is 17.0 Å². The summed E-state index contributed by atoms with van der Waals surface area (Å²) in [7, 11) is 0. The average Bonchev–Trinajstić information content (AvgIpc) is 2.52. The summed E-state index contributed by atoms with van der Waals surface area (Å²) in [5, 5.41) is 0.927. The molecule has 0 N–H and O–H groups in total. The highest BCUT2D eigenvalue weighted by molar-refractivity contribution is 9.10. The minimum atomic E-state index is -0.357. The second-order valence-corrected chi connectivity index (χ2v) is 7.02. The fourth-order valence-electron chi connectivity index (χ4n) is 2.85. The van der Waals surface area contributed by atoms with E-state index >= 15 is 0 Å². The van der Waals surface area contributed by atoms with Crippen LogP contribution in [0.25, 0.3) is 11.0 Å². The van der Waals surface area contributed by atoms with Crippen LogP contribution >= 0.6 is 15.9 Å². The quantitative estimate of drug-likeness (QED) is 0.550. The Bertz CT molecular complexity index is 941. The molecule has 0 aliphatic heterocycles. The molecule has 0 bridgehead atoms. The van der Waals surface area contributed by atoms with Crippen LogP contribution in [0.5, 0.6) is 5.75 Å². The Labute approximate surface area is 149 Å². The maximum Gasteiger partial charge on any atom is 0.336 e. The molecule has 0 aliphatic carbocycles. The van der Waals surface area contributed by atoms with Gasteiger partial charge in [-0.15, -0.1) is 0 Å². The molecule has 3 nitrogen and oxygen atoms in total. The van der Waals surface area contributed by atoms with Crippen LogP contribution in [0.4, 0.5) is 0 Å². The average molecular weight is 387 g/mol. The number of hydrogen-bond donors (Lipinski definition) is 0. The molecule has 3 rings (SSSR count). The number of hydrogen-bond acceptors (Lipinski definition) is 3. The van der Waals surface area contributed by atoms with Crippen LogP contribution in [0.2, 0.25) is 0 Å². The molecule has 124 valence electrons. The van der Waals surface area contributed by atoms with Gasteiger partial charge in [-0.1, -0.05) is 26.0 Å². The van der Waals surface area contributed by atoms with Gasteiger partial charge in [-0.3, -0.25) is 0 Å². The van der Waals surface area contributed by atoms with E-state index in [2.05, 4.69) is 35.8 Å². The van der Waals surface area contributed by atoms with Crippen molar-refractivity contribution in [3.63, 3.8) is 0 Å². The van der Waals surface area contributed by atoms with Gasteiger partial charge in [-0.05, 0) is 64.2 Å². The number of para-hydroxylation sites is 1. The monoisotopic (exact) mass is 386 g/mol. The van der Waals surface area contributed by atoms with Crippen LogP contribution in [0.15, 0.2) is 56.1 Å². The highest BCUT2D eigenvalue weighted by Crippen LogP contribution is 2.29. The third-order valence-corrected chi connectivity index (χ3v) is 4.71. The number of aryl methyl sites for hydroxylation is 1. The first kappa shape index (κ1) is 16.8. The first-order valence-corrected chi connectivity index (χ1v) is 8.69. The van der Waals surface area contributed by atoms with E-state index in [4.69, 9.17) is 9.15 Å². The number of benzene rings is 2. The molecule has 4 heteroatoms. The lowest BCUT2D eigenvalue weighted by molar-refractivity contribution is 0.304. The SMILES string of the molecule is Cc1cc2oc(=O)cc(COc3ccccc3Br)c2cc1C(C)C. The van der Waals surface area contributed by atoms with Crippen LogP contribution in [-0.4, -0.2) is 0 Å². The van der Waals surface area contributed by atoms with E-state index in [1.165, 1.54) is 11.6 Å². The first-order chi connectivity index (χ1) is 11.5. The van der Waals surface area contributed by atoms with Crippen molar-refractivity contribution in [3.05, 3.63) is 74.0 Å². The van der Waals surface area contributed by atoms with Gasteiger partial charge in [0.25, 0.3) is 0 Å². The van der Waals surface area contributed by atoms with E-state index in [1.807, 2.05) is 37.3 Å². The van der Waals surface area contributed by atoms with E-state index in [-0.39, 0.29) is 5.63 Å². The van der Waals surface area contributed by atoms with E-state index in [9.17, 15) is 4.79 Å². The third kappa shape index (κ3) is 3.39. The fraction of sp³-hybridized carbons (Fsp3) is 0.250. The second kappa shape index (κ2) is 6.81. The molecule has 0 amide bonds. The van der Waals surface area contributed by atoms with E-state index in [0.717, 1.165) is 26.7 Å². The number of ether oxygens (including phenoxy) is 1. The molecule has 0 unspecified atom stereocenters. The molecular weight excluding hydrogens is 368 g/mol. The van der Waals surface area contributed by atoms with Crippen molar-refractivity contribution in [2.24, 2.45) is 0 Å². The molecule has 0 spiro atoms. The highest BCUT2D eigenvalue weighted by atomic mass is 79.9. The summed E-state index contributed by atoms with van der Waals surface area (Å²) in [6.45, 7) is 6.67.